The maximum absolute atomic E-state index is 10.7. The van der Waals surface area contributed by atoms with Crippen molar-refractivity contribution in [1.29, 1.82) is 0 Å². The Bertz CT molecular complexity index is 114. The molecule has 51 valence electrons. The van der Waals surface area contributed by atoms with Crippen molar-refractivity contribution in [1.82, 2.24) is 11.1 Å². The van der Waals surface area contributed by atoms with E-state index in [-0.39, 0.29) is 5.91 Å². The van der Waals surface area contributed by atoms with Crippen LogP contribution in [-0.2, 0) is 4.79 Å². The first kappa shape index (κ1) is 6.55. The first-order chi connectivity index (χ1) is 4.30. The Kier molecular flexibility index (Phi) is 2.05. The van der Waals surface area contributed by atoms with Crippen LogP contribution in [0, 0.1) is 0 Å². The van der Waals surface area contributed by atoms with Crippen LogP contribution in [0.25, 0.3) is 0 Å². The van der Waals surface area contributed by atoms with Gasteiger partial charge in [-0.2, -0.15) is 0 Å². The van der Waals surface area contributed by atoms with E-state index < -0.39 is 6.04 Å². The molecule has 0 aromatic rings. The number of amides is 1. The maximum atomic E-state index is 10.7. The fourth-order valence-corrected chi connectivity index (χ4v) is 0.939. The molecular weight excluding hydrogens is 116 g/mol. The highest BCUT2D eigenvalue weighted by molar-refractivity contribution is 5.81. The van der Waals surface area contributed by atoms with Crippen LogP contribution in [0.5, 0.6) is 0 Å². The van der Waals surface area contributed by atoms with Crippen molar-refractivity contribution in [3.8, 4) is 0 Å². The molecule has 0 bridgehead atoms. The molecule has 0 saturated carbocycles. The minimum Gasteiger partial charge on any atom is -0.355 e. The van der Waals surface area contributed by atoms with Gasteiger partial charge in [-0.25, -0.2) is 5.73 Å². The molecule has 0 spiro atoms. The van der Waals surface area contributed by atoms with Crippen molar-refractivity contribution in [2.45, 2.75) is 25.3 Å². The molecule has 9 heavy (non-hydrogen) atoms. The molecule has 3 nitrogen and oxygen atoms in total. The van der Waals surface area contributed by atoms with E-state index in [4.69, 9.17) is 5.73 Å². The molecule has 1 amide bonds. The van der Waals surface area contributed by atoms with Crippen LogP contribution in [-0.4, -0.2) is 18.5 Å². The van der Waals surface area contributed by atoms with Gasteiger partial charge in [0.1, 0.15) is 0 Å². The van der Waals surface area contributed by atoms with Gasteiger partial charge in [-0.1, -0.05) is 0 Å². The van der Waals surface area contributed by atoms with Crippen LogP contribution in [0.3, 0.4) is 0 Å². The van der Waals surface area contributed by atoms with E-state index in [1.54, 1.807) is 0 Å². The number of nitrogens with one attached hydrogen (secondary N) is 2. The van der Waals surface area contributed by atoms with Crippen molar-refractivity contribution in [3.63, 3.8) is 0 Å². The summed E-state index contributed by atoms with van der Waals surface area (Å²) in [6.07, 6.45) is 2.76. The van der Waals surface area contributed by atoms with E-state index in [2.05, 4.69) is 5.32 Å². The predicted molar refractivity (Wildman–Crippen MR) is 33.7 cm³/mol. The van der Waals surface area contributed by atoms with Crippen molar-refractivity contribution in [2.24, 2.45) is 0 Å². The molecule has 3 heteroatoms. The minimum atomic E-state index is -0.507. The molecule has 1 atom stereocenters. The third-order valence-corrected chi connectivity index (χ3v) is 1.54. The zero-order chi connectivity index (χ0) is 6.69. The number of carbonyl (C=O) groups excluding carboxylic acids is 1. The summed E-state index contributed by atoms with van der Waals surface area (Å²) in [6, 6.07) is -0.507. The molecule has 0 aliphatic carbocycles. The van der Waals surface area contributed by atoms with Gasteiger partial charge in [0, 0.05) is 6.54 Å². The highest BCUT2D eigenvalue weighted by atomic mass is 16.2. The molecule has 1 saturated heterocycles. The molecule has 2 N–H and O–H groups in total. The van der Waals surface area contributed by atoms with Crippen molar-refractivity contribution < 1.29 is 4.79 Å². The van der Waals surface area contributed by atoms with E-state index in [1.807, 2.05) is 0 Å². The van der Waals surface area contributed by atoms with Gasteiger partial charge in [-0.05, 0) is 19.3 Å². The Morgan fingerprint density at radius 2 is 2.33 bits per heavy atom. The number of carbonyl (C=O) groups is 1. The zero-order valence-electron chi connectivity index (χ0n) is 5.31. The smallest absolute Gasteiger partial charge is 0.238 e. The van der Waals surface area contributed by atoms with Crippen molar-refractivity contribution >= 4 is 5.91 Å². The molecule has 1 radical (unpaired) electrons. The van der Waals surface area contributed by atoms with Gasteiger partial charge in [0.15, 0.2) is 0 Å². The number of hydrogen-bond acceptors (Lipinski definition) is 1. The topological polar surface area (TPSA) is 52.9 Å². The summed E-state index contributed by atoms with van der Waals surface area (Å²) >= 11 is 0. The third-order valence-electron chi connectivity index (χ3n) is 1.54. The Morgan fingerprint density at radius 3 is 3.11 bits per heavy atom. The van der Waals surface area contributed by atoms with Crippen LogP contribution in [0.15, 0.2) is 0 Å². The molecule has 1 fully saturated rings. The van der Waals surface area contributed by atoms with E-state index >= 15 is 0 Å². The second-order valence-corrected chi connectivity index (χ2v) is 2.34. The second kappa shape index (κ2) is 2.82. The van der Waals surface area contributed by atoms with Gasteiger partial charge in [0.05, 0.1) is 6.04 Å². The first-order valence-corrected chi connectivity index (χ1v) is 3.29. The van der Waals surface area contributed by atoms with E-state index in [0.717, 1.165) is 25.8 Å². The predicted octanol–water partition coefficient (Wildman–Crippen LogP) is -0.0620. The fraction of sp³-hybridized carbons (Fsp3) is 0.833. The van der Waals surface area contributed by atoms with Crippen molar-refractivity contribution in [2.75, 3.05) is 6.54 Å². The van der Waals surface area contributed by atoms with Gasteiger partial charge >= 0.3 is 0 Å². The molecule has 0 aromatic carbocycles. The third kappa shape index (κ3) is 1.68. The van der Waals surface area contributed by atoms with E-state index in [9.17, 15) is 4.79 Å². The molecule has 1 aliphatic heterocycles. The Balaban J connectivity index is 2.41. The molecular formula is C6H11N2O. The highest BCUT2D eigenvalue weighted by Crippen LogP contribution is 2.03. The lowest BCUT2D eigenvalue weighted by Gasteiger charge is -2.02. The maximum Gasteiger partial charge on any atom is 0.238 e. The van der Waals surface area contributed by atoms with Crippen LogP contribution in [0.2, 0.25) is 0 Å². The zero-order valence-corrected chi connectivity index (χ0v) is 5.31. The van der Waals surface area contributed by atoms with Crippen LogP contribution >= 0.6 is 0 Å². The monoisotopic (exact) mass is 127 g/mol. The molecule has 0 unspecified atom stereocenters. The van der Waals surface area contributed by atoms with Gasteiger partial charge in [0.25, 0.3) is 0 Å². The van der Waals surface area contributed by atoms with Crippen LogP contribution in [0.4, 0.5) is 0 Å². The van der Waals surface area contributed by atoms with Crippen LogP contribution < -0.4 is 11.1 Å². The summed E-state index contributed by atoms with van der Waals surface area (Å²) < 4.78 is 0. The molecule has 1 rings (SSSR count). The summed E-state index contributed by atoms with van der Waals surface area (Å²) in [5.41, 5.74) is 7.21. The quantitative estimate of drug-likeness (QED) is 0.487. The Hall–Kier alpha value is -0.570. The Labute approximate surface area is 54.6 Å². The van der Waals surface area contributed by atoms with Gasteiger partial charge in [-0.15, -0.1) is 0 Å². The molecule has 0 aromatic heterocycles. The lowest BCUT2D eigenvalue weighted by atomic mass is 10.1. The van der Waals surface area contributed by atoms with Gasteiger partial charge in [0.2, 0.25) is 5.91 Å². The Morgan fingerprint density at radius 1 is 1.56 bits per heavy atom. The summed E-state index contributed by atoms with van der Waals surface area (Å²) in [7, 11) is 0. The molecule has 1 aliphatic rings. The average Bonchev–Trinajstić information content (AvgIpc) is 1.99. The molecule has 1 heterocycles. The largest absolute Gasteiger partial charge is 0.355 e. The highest BCUT2D eigenvalue weighted by Gasteiger charge is 2.15. The number of hydrogen-bond donors (Lipinski definition) is 1. The van der Waals surface area contributed by atoms with Crippen LogP contribution in [0.1, 0.15) is 19.3 Å². The average molecular weight is 127 g/mol. The summed E-state index contributed by atoms with van der Waals surface area (Å²) in [5.74, 6) is -0.104. The summed E-state index contributed by atoms with van der Waals surface area (Å²) in [6.45, 7) is 0.758. The lowest BCUT2D eigenvalue weighted by molar-refractivity contribution is -0.122. The van der Waals surface area contributed by atoms with E-state index in [1.165, 1.54) is 0 Å². The fourth-order valence-electron chi connectivity index (χ4n) is 0.939. The van der Waals surface area contributed by atoms with Gasteiger partial charge < -0.3 is 5.32 Å². The normalized spacial score (nSPS) is 29.0. The van der Waals surface area contributed by atoms with E-state index in [0.29, 0.717) is 0 Å². The second-order valence-electron chi connectivity index (χ2n) is 2.34. The van der Waals surface area contributed by atoms with Gasteiger partial charge in [-0.3, -0.25) is 4.79 Å². The standard InChI is InChI=1S/C6H11N2O/c7-5-3-1-2-4-8-6(5)9/h5,7H,1-4H2,(H,8,9)/t5-/m0/s1. The summed E-state index contributed by atoms with van der Waals surface area (Å²) in [5, 5.41) is 2.67. The summed E-state index contributed by atoms with van der Waals surface area (Å²) in [4.78, 5) is 10.7. The van der Waals surface area contributed by atoms with Crippen molar-refractivity contribution in [3.05, 3.63) is 0 Å². The first-order valence-electron chi connectivity index (χ1n) is 3.29. The minimum absolute atomic E-state index is 0.104. The lowest BCUT2D eigenvalue weighted by Crippen LogP contribution is -2.33. The SMILES string of the molecule is [NH][C@H]1CCCCNC1=O. The number of rotatable bonds is 0.